The van der Waals surface area contributed by atoms with E-state index >= 15 is 0 Å². The molecular weight excluding hydrogens is 231 g/mol. The second kappa shape index (κ2) is 4.69. The Kier molecular flexibility index (Phi) is 3.04. The van der Waals surface area contributed by atoms with Crippen LogP contribution in [-0.2, 0) is 0 Å². The third-order valence-electron chi connectivity index (χ3n) is 3.90. The van der Waals surface area contributed by atoms with Crippen molar-refractivity contribution >= 4 is 5.91 Å². The van der Waals surface area contributed by atoms with Crippen molar-refractivity contribution in [2.24, 2.45) is 0 Å². The molecule has 1 N–H and O–H groups in total. The van der Waals surface area contributed by atoms with Gasteiger partial charge in [0.15, 0.2) is 0 Å². The first-order chi connectivity index (χ1) is 8.72. The zero-order chi connectivity index (χ0) is 12.5. The molecule has 2 fully saturated rings. The Bertz CT molecular complexity index is 446. The van der Waals surface area contributed by atoms with Gasteiger partial charge in [-0.1, -0.05) is 0 Å². The Morgan fingerprint density at radius 1 is 1.17 bits per heavy atom. The molecule has 2 aliphatic heterocycles. The van der Waals surface area contributed by atoms with E-state index in [0.717, 1.165) is 25.9 Å². The van der Waals surface area contributed by atoms with Crippen LogP contribution in [-0.4, -0.2) is 36.0 Å². The van der Waals surface area contributed by atoms with Crippen molar-refractivity contribution in [1.82, 2.24) is 10.2 Å². The first-order valence-corrected chi connectivity index (χ1v) is 6.53. The normalized spacial score (nSPS) is 27.1. The molecule has 18 heavy (non-hydrogen) atoms. The molecular formula is C14H17FN2O. The molecule has 2 heterocycles. The quantitative estimate of drug-likeness (QED) is 0.822. The summed E-state index contributed by atoms with van der Waals surface area (Å²) in [5.74, 6) is -0.285. The van der Waals surface area contributed by atoms with Crippen LogP contribution in [0.15, 0.2) is 24.3 Å². The van der Waals surface area contributed by atoms with Crippen molar-refractivity contribution in [3.63, 3.8) is 0 Å². The number of halogens is 1. The average Bonchev–Trinajstić information content (AvgIpc) is 2.69. The molecule has 1 aromatic rings. The molecule has 2 bridgehead atoms. The number of benzene rings is 1. The summed E-state index contributed by atoms with van der Waals surface area (Å²) in [5.41, 5.74) is 0.578. The van der Waals surface area contributed by atoms with Gasteiger partial charge in [-0.05, 0) is 43.5 Å². The van der Waals surface area contributed by atoms with Crippen LogP contribution in [0.5, 0.6) is 0 Å². The summed E-state index contributed by atoms with van der Waals surface area (Å²) < 4.78 is 12.8. The lowest BCUT2D eigenvalue weighted by atomic mass is 10.1. The minimum absolute atomic E-state index is 0.0179. The minimum atomic E-state index is -0.303. The van der Waals surface area contributed by atoms with Gasteiger partial charge in [0.2, 0.25) is 0 Å². The van der Waals surface area contributed by atoms with Crippen molar-refractivity contribution in [1.29, 1.82) is 0 Å². The number of nitrogens with one attached hydrogen (secondary N) is 1. The molecule has 2 saturated heterocycles. The van der Waals surface area contributed by atoms with Crippen LogP contribution < -0.4 is 5.32 Å². The second-order valence-corrected chi connectivity index (χ2v) is 5.18. The number of carbonyl (C=O) groups is 1. The molecule has 0 saturated carbocycles. The highest BCUT2D eigenvalue weighted by Gasteiger charge is 2.31. The number of hydrogen-bond acceptors (Lipinski definition) is 2. The monoisotopic (exact) mass is 248 g/mol. The fourth-order valence-electron chi connectivity index (χ4n) is 2.90. The summed E-state index contributed by atoms with van der Waals surface area (Å²) in [6.45, 7) is 1.57. The number of fused-ring (bicyclic) bond motifs is 2. The van der Waals surface area contributed by atoms with Crippen LogP contribution >= 0.6 is 0 Å². The van der Waals surface area contributed by atoms with Crippen LogP contribution in [0.4, 0.5) is 4.39 Å². The molecule has 1 aromatic carbocycles. The molecule has 4 heteroatoms. The summed E-state index contributed by atoms with van der Waals surface area (Å²) in [6, 6.07) is 6.82. The highest BCUT2D eigenvalue weighted by molar-refractivity contribution is 5.94. The third kappa shape index (κ3) is 2.25. The summed E-state index contributed by atoms with van der Waals surface area (Å²) in [6.07, 6.45) is 3.39. The lowest BCUT2D eigenvalue weighted by Gasteiger charge is -2.24. The van der Waals surface area contributed by atoms with Crippen LogP contribution in [0.3, 0.4) is 0 Å². The smallest absolute Gasteiger partial charge is 0.253 e. The fourth-order valence-corrected chi connectivity index (χ4v) is 2.90. The minimum Gasteiger partial charge on any atom is -0.337 e. The van der Waals surface area contributed by atoms with E-state index in [1.54, 1.807) is 12.1 Å². The highest BCUT2D eigenvalue weighted by atomic mass is 19.1. The van der Waals surface area contributed by atoms with Crippen LogP contribution in [0.1, 0.15) is 29.6 Å². The molecule has 3 rings (SSSR count). The van der Waals surface area contributed by atoms with Gasteiger partial charge in [0.05, 0.1) is 0 Å². The molecule has 3 nitrogen and oxygen atoms in total. The van der Waals surface area contributed by atoms with E-state index in [2.05, 4.69) is 5.32 Å². The number of likely N-dealkylation sites (tertiary alicyclic amines) is 1. The van der Waals surface area contributed by atoms with Gasteiger partial charge < -0.3 is 10.2 Å². The van der Waals surface area contributed by atoms with Gasteiger partial charge in [0.1, 0.15) is 5.82 Å². The molecule has 96 valence electrons. The van der Waals surface area contributed by atoms with Crippen molar-refractivity contribution in [2.75, 3.05) is 13.1 Å². The Morgan fingerprint density at radius 2 is 1.89 bits per heavy atom. The third-order valence-corrected chi connectivity index (χ3v) is 3.90. The van der Waals surface area contributed by atoms with E-state index in [9.17, 15) is 9.18 Å². The van der Waals surface area contributed by atoms with E-state index in [-0.39, 0.29) is 11.7 Å². The summed E-state index contributed by atoms with van der Waals surface area (Å²) in [7, 11) is 0. The summed E-state index contributed by atoms with van der Waals surface area (Å²) in [4.78, 5) is 14.2. The number of carbonyl (C=O) groups excluding carboxylic acids is 1. The number of rotatable bonds is 1. The number of amides is 1. The maximum atomic E-state index is 12.8. The van der Waals surface area contributed by atoms with Crippen molar-refractivity contribution in [3.8, 4) is 0 Å². The Labute approximate surface area is 106 Å². The number of hydrogen-bond donors (Lipinski definition) is 1. The van der Waals surface area contributed by atoms with Crippen molar-refractivity contribution < 1.29 is 9.18 Å². The van der Waals surface area contributed by atoms with E-state index in [1.807, 2.05) is 4.90 Å². The molecule has 1 amide bonds. The highest BCUT2D eigenvalue weighted by Crippen LogP contribution is 2.21. The largest absolute Gasteiger partial charge is 0.337 e. The summed E-state index contributed by atoms with van der Waals surface area (Å²) in [5, 5.41) is 3.54. The predicted octanol–water partition coefficient (Wildman–Crippen LogP) is 1.79. The summed E-state index contributed by atoms with van der Waals surface area (Å²) >= 11 is 0. The standard InChI is InChI=1S/C14H17FN2O/c15-11-3-1-10(2-4-11)14(18)17-8-7-12-5-6-13(9-17)16-12/h1-4,12-13,16H,5-9H2. The SMILES string of the molecule is O=C(c1ccc(F)cc1)N1CCC2CCC(C1)N2. The van der Waals surface area contributed by atoms with Gasteiger partial charge >= 0.3 is 0 Å². The predicted molar refractivity (Wildman–Crippen MR) is 66.9 cm³/mol. The van der Waals surface area contributed by atoms with Gasteiger partial charge in [-0.3, -0.25) is 4.79 Å². The van der Waals surface area contributed by atoms with E-state index < -0.39 is 0 Å². The van der Waals surface area contributed by atoms with Crippen LogP contribution in [0.2, 0.25) is 0 Å². The maximum Gasteiger partial charge on any atom is 0.253 e. The first kappa shape index (κ1) is 11.7. The molecule has 2 aliphatic rings. The van der Waals surface area contributed by atoms with Gasteiger partial charge in [-0.15, -0.1) is 0 Å². The fraction of sp³-hybridized carbons (Fsp3) is 0.500. The zero-order valence-electron chi connectivity index (χ0n) is 10.2. The zero-order valence-corrected chi connectivity index (χ0v) is 10.2. The van der Waals surface area contributed by atoms with E-state index in [1.165, 1.54) is 18.6 Å². The van der Waals surface area contributed by atoms with E-state index in [4.69, 9.17) is 0 Å². The molecule has 0 aromatic heterocycles. The van der Waals surface area contributed by atoms with Crippen LogP contribution in [0.25, 0.3) is 0 Å². The molecule has 0 radical (unpaired) electrons. The Hall–Kier alpha value is -1.42. The van der Waals surface area contributed by atoms with Gasteiger partial charge in [0.25, 0.3) is 5.91 Å². The topological polar surface area (TPSA) is 32.3 Å². The molecule has 2 atom stereocenters. The molecule has 0 spiro atoms. The van der Waals surface area contributed by atoms with Gasteiger partial charge in [-0.2, -0.15) is 0 Å². The lowest BCUT2D eigenvalue weighted by Crippen LogP contribution is -2.39. The number of nitrogens with zero attached hydrogens (tertiary/aromatic N) is 1. The molecule has 0 aliphatic carbocycles. The van der Waals surface area contributed by atoms with Crippen molar-refractivity contribution in [2.45, 2.75) is 31.3 Å². The van der Waals surface area contributed by atoms with Gasteiger partial charge in [-0.25, -0.2) is 4.39 Å². The maximum absolute atomic E-state index is 12.8. The lowest BCUT2D eigenvalue weighted by molar-refractivity contribution is 0.0748. The van der Waals surface area contributed by atoms with Gasteiger partial charge in [0, 0.05) is 30.7 Å². The van der Waals surface area contributed by atoms with E-state index in [0.29, 0.717) is 17.6 Å². The first-order valence-electron chi connectivity index (χ1n) is 6.53. The Balaban J connectivity index is 1.74. The second-order valence-electron chi connectivity index (χ2n) is 5.18. The van der Waals surface area contributed by atoms with Crippen LogP contribution in [0, 0.1) is 5.82 Å². The Morgan fingerprint density at radius 3 is 2.67 bits per heavy atom. The average molecular weight is 248 g/mol. The van der Waals surface area contributed by atoms with Crippen molar-refractivity contribution in [3.05, 3.63) is 35.6 Å². The molecule has 2 unspecified atom stereocenters.